The van der Waals surface area contributed by atoms with Crippen molar-refractivity contribution in [1.82, 2.24) is 0 Å². The summed E-state index contributed by atoms with van der Waals surface area (Å²) in [6.07, 6.45) is 74.6. The lowest BCUT2D eigenvalue weighted by molar-refractivity contribution is -0.167. The van der Waals surface area contributed by atoms with Gasteiger partial charge in [0, 0.05) is 19.3 Å². The van der Waals surface area contributed by atoms with Gasteiger partial charge in [-0.3, -0.25) is 14.4 Å². The summed E-state index contributed by atoms with van der Waals surface area (Å²) in [5.74, 6) is -0.895. The fourth-order valence-corrected chi connectivity index (χ4v) is 8.34. The van der Waals surface area contributed by atoms with E-state index in [0.29, 0.717) is 19.3 Å². The van der Waals surface area contributed by atoms with E-state index in [2.05, 4.69) is 93.7 Å². The summed E-state index contributed by atoms with van der Waals surface area (Å²) in [4.78, 5) is 38.2. The van der Waals surface area contributed by atoms with Gasteiger partial charge >= 0.3 is 17.9 Å². The van der Waals surface area contributed by atoms with E-state index >= 15 is 0 Å². The Morgan fingerprint density at radius 1 is 0.286 bits per heavy atom. The zero-order chi connectivity index (χ0) is 50.7. The van der Waals surface area contributed by atoms with Gasteiger partial charge in [-0.25, -0.2) is 0 Å². The highest BCUT2D eigenvalue weighted by Gasteiger charge is 2.19. The molecule has 0 spiro atoms. The highest BCUT2D eigenvalue weighted by atomic mass is 16.6. The number of allylic oxidation sites excluding steroid dienone is 12. The number of unbranched alkanes of at least 4 members (excludes halogenated alkanes) is 31. The molecule has 0 N–H and O–H groups in total. The lowest BCUT2D eigenvalue weighted by Crippen LogP contribution is -2.30. The molecule has 0 aromatic carbocycles. The summed E-state index contributed by atoms with van der Waals surface area (Å²) >= 11 is 0. The van der Waals surface area contributed by atoms with Gasteiger partial charge in [0.1, 0.15) is 13.2 Å². The van der Waals surface area contributed by atoms with E-state index in [1.807, 2.05) is 0 Å². The summed E-state index contributed by atoms with van der Waals surface area (Å²) in [6.45, 7) is 6.56. The molecule has 0 saturated heterocycles. The molecule has 0 bridgehead atoms. The highest BCUT2D eigenvalue weighted by molar-refractivity contribution is 5.71. The maximum Gasteiger partial charge on any atom is 0.306 e. The van der Waals surface area contributed by atoms with Gasteiger partial charge in [-0.1, -0.05) is 241 Å². The number of hydrogen-bond donors (Lipinski definition) is 0. The number of ether oxygens (including phenoxy) is 3. The van der Waals surface area contributed by atoms with Gasteiger partial charge in [0.25, 0.3) is 0 Å². The van der Waals surface area contributed by atoms with Crippen molar-refractivity contribution < 1.29 is 28.6 Å². The van der Waals surface area contributed by atoms with E-state index in [4.69, 9.17) is 14.2 Å². The fraction of sp³-hybridized carbons (Fsp3) is 0.766. The maximum absolute atomic E-state index is 12.9. The molecule has 0 aromatic heterocycles. The van der Waals surface area contributed by atoms with Gasteiger partial charge in [0.2, 0.25) is 0 Å². The Morgan fingerprint density at radius 3 is 0.829 bits per heavy atom. The molecule has 0 heterocycles. The topological polar surface area (TPSA) is 78.9 Å². The van der Waals surface area contributed by atoms with Crippen LogP contribution in [0, 0.1) is 0 Å². The van der Waals surface area contributed by atoms with Gasteiger partial charge in [-0.05, 0) is 109 Å². The molecule has 6 heteroatoms. The third-order valence-corrected chi connectivity index (χ3v) is 12.9. The van der Waals surface area contributed by atoms with Crippen molar-refractivity contribution in [3.8, 4) is 0 Å². The number of carbonyl (C=O) groups is 3. The normalized spacial score (nSPS) is 12.6. The average molecular weight is 978 g/mol. The van der Waals surface area contributed by atoms with Crippen LogP contribution in [0.5, 0.6) is 0 Å². The Balaban J connectivity index is 4.38. The van der Waals surface area contributed by atoms with Crippen molar-refractivity contribution in [3.63, 3.8) is 0 Å². The minimum absolute atomic E-state index is 0.0831. The van der Waals surface area contributed by atoms with E-state index < -0.39 is 6.10 Å². The van der Waals surface area contributed by atoms with E-state index in [1.165, 1.54) is 167 Å². The molecular weight excluding hydrogens is 865 g/mol. The molecule has 0 amide bonds. The van der Waals surface area contributed by atoms with Crippen LogP contribution in [0.15, 0.2) is 72.9 Å². The minimum Gasteiger partial charge on any atom is -0.462 e. The summed E-state index contributed by atoms with van der Waals surface area (Å²) in [7, 11) is 0. The molecule has 0 rings (SSSR count). The maximum atomic E-state index is 12.9. The van der Waals surface area contributed by atoms with Crippen LogP contribution in [0.25, 0.3) is 0 Å². The van der Waals surface area contributed by atoms with E-state index in [-0.39, 0.29) is 31.1 Å². The quantitative estimate of drug-likeness (QED) is 0.0261. The summed E-state index contributed by atoms with van der Waals surface area (Å²) in [5.41, 5.74) is 0. The molecule has 1 atom stereocenters. The first-order chi connectivity index (χ1) is 34.5. The van der Waals surface area contributed by atoms with Gasteiger partial charge in [0.05, 0.1) is 0 Å². The first-order valence-corrected chi connectivity index (χ1v) is 29.9. The smallest absolute Gasteiger partial charge is 0.306 e. The largest absolute Gasteiger partial charge is 0.462 e. The molecule has 404 valence electrons. The standard InChI is InChI=1S/C64H112O6/c1-4-7-10-13-16-19-22-25-28-30-32-34-36-39-42-45-48-51-54-57-63(66)69-60-61(59-68-62(65)56-53-50-47-44-41-38-27-24-21-18-15-12-9-6-3)70-64(67)58-55-52-49-46-43-40-37-35-33-31-29-26-23-20-17-14-11-8-5-2/h15-20,24-29,61H,4-14,21-23,30-60H2,1-3H3/b18-15-,19-16-,20-17-,27-24-,28-25-,29-26-. The van der Waals surface area contributed by atoms with Gasteiger partial charge in [0.15, 0.2) is 6.10 Å². The molecule has 0 fully saturated rings. The summed E-state index contributed by atoms with van der Waals surface area (Å²) in [5, 5.41) is 0. The van der Waals surface area contributed by atoms with Crippen molar-refractivity contribution in [3.05, 3.63) is 72.9 Å². The molecule has 0 radical (unpaired) electrons. The lowest BCUT2D eigenvalue weighted by atomic mass is 10.1. The van der Waals surface area contributed by atoms with Crippen molar-refractivity contribution in [2.75, 3.05) is 13.2 Å². The van der Waals surface area contributed by atoms with Crippen molar-refractivity contribution >= 4 is 17.9 Å². The molecule has 0 aliphatic rings. The Hall–Kier alpha value is -3.15. The van der Waals surface area contributed by atoms with Gasteiger partial charge < -0.3 is 14.2 Å². The molecule has 0 aliphatic heterocycles. The zero-order valence-corrected chi connectivity index (χ0v) is 46.3. The Morgan fingerprint density at radius 2 is 0.529 bits per heavy atom. The zero-order valence-electron chi connectivity index (χ0n) is 46.3. The first-order valence-electron chi connectivity index (χ1n) is 29.9. The van der Waals surface area contributed by atoms with E-state index in [0.717, 1.165) is 89.9 Å². The number of carbonyl (C=O) groups excluding carboxylic acids is 3. The van der Waals surface area contributed by atoms with Crippen molar-refractivity contribution in [1.29, 1.82) is 0 Å². The van der Waals surface area contributed by atoms with Crippen LogP contribution < -0.4 is 0 Å². The van der Waals surface area contributed by atoms with Crippen LogP contribution in [-0.2, 0) is 28.6 Å². The molecule has 0 aromatic rings. The summed E-state index contributed by atoms with van der Waals surface area (Å²) < 4.78 is 16.9. The van der Waals surface area contributed by atoms with Gasteiger partial charge in [-0.15, -0.1) is 0 Å². The molecule has 0 aliphatic carbocycles. The summed E-state index contributed by atoms with van der Waals surface area (Å²) in [6, 6.07) is 0. The lowest BCUT2D eigenvalue weighted by Gasteiger charge is -2.18. The molecule has 6 nitrogen and oxygen atoms in total. The molecule has 0 saturated carbocycles. The third kappa shape index (κ3) is 55.8. The minimum atomic E-state index is -0.786. The van der Waals surface area contributed by atoms with Crippen molar-refractivity contribution in [2.24, 2.45) is 0 Å². The fourth-order valence-electron chi connectivity index (χ4n) is 8.34. The van der Waals surface area contributed by atoms with Crippen LogP contribution in [0.3, 0.4) is 0 Å². The third-order valence-electron chi connectivity index (χ3n) is 12.9. The molecular formula is C64H112O6. The second kappa shape index (κ2) is 58.4. The average Bonchev–Trinajstić information content (AvgIpc) is 3.36. The van der Waals surface area contributed by atoms with Crippen LogP contribution >= 0.6 is 0 Å². The predicted octanol–water partition coefficient (Wildman–Crippen LogP) is 20.2. The van der Waals surface area contributed by atoms with Gasteiger partial charge in [-0.2, -0.15) is 0 Å². The monoisotopic (exact) mass is 977 g/mol. The highest BCUT2D eigenvalue weighted by Crippen LogP contribution is 2.15. The number of hydrogen-bond acceptors (Lipinski definition) is 6. The van der Waals surface area contributed by atoms with Crippen molar-refractivity contribution in [2.45, 2.75) is 303 Å². The van der Waals surface area contributed by atoms with Crippen LogP contribution in [-0.4, -0.2) is 37.2 Å². The number of esters is 3. The first kappa shape index (κ1) is 66.9. The van der Waals surface area contributed by atoms with Crippen LogP contribution in [0.2, 0.25) is 0 Å². The SMILES string of the molecule is CCCC/C=C\C/C=C\CCCCCCCC(=O)OCC(COC(=O)CCCCCCCCCCC/C=C\C/C=C\CCCCC)OC(=O)CCCCCCCCCCC/C=C\C/C=C\CCCCC. The second-order valence-electron chi connectivity index (χ2n) is 19.9. The Kier molecular flexibility index (Phi) is 55.8. The molecule has 70 heavy (non-hydrogen) atoms. The van der Waals surface area contributed by atoms with E-state index in [1.54, 1.807) is 0 Å². The number of rotatable bonds is 54. The predicted molar refractivity (Wildman–Crippen MR) is 302 cm³/mol. The van der Waals surface area contributed by atoms with Crippen LogP contribution in [0.1, 0.15) is 297 Å². The van der Waals surface area contributed by atoms with E-state index in [9.17, 15) is 14.4 Å². The van der Waals surface area contributed by atoms with Crippen LogP contribution in [0.4, 0.5) is 0 Å². The Labute approximate surface area is 433 Å². The molecule has 1 unspecified atom stereocenters. The second-order valence-corrected chi connectivity index (χ2v) is 19.9. The Bertz CT molecular complexity index is 1310.